The average Bonchev–Trinajstić information content (AvgIpc) is 2.67. The molecule has 4 nitrogen and oxygen atoms in total. The van der Waals surface area contributed by atoms with E-state index in [9.17, 15) is 4.79 Å². The number of ketones is 1. The number of ether oxygens (including phenoxy) is 1. The van der Waals surface area contributed by atoms with Crippen molar-refractivity contribution in [2.75, 3.05) is 0 Å². The molecule has 18 heavy (non-hydrogen) atoms. The van der Waals surface area contributed by atoms with E-state index in [-0.39, 0.29) is 5.78 Å². The molecule has 4 heteroatoms. The van der Waals surface area contributed by atoms with Crippen LogP contribution in [-0.4, -0.2) is 10.9 Å². The zero-order valence-corrected chi connectivity index (χ0v) is 10.7. The average molecular weight is 245 g/mol. The minimum absolute atomic E-state index is 0.00985. The maximum atomic E-state index is 11.5. The van der Waals surface area contributed by atoms with Gasteiger partial charge in [0.1, 0.15) is 18.1 Å². The third kappa shape index (κ3) is 2.42. The van der Waals surface area contributed by atoms with Gasteiger partial charge in [0, 0.05) is 0 Å². The predicted molar refractivity (Wildman–Crippen MR) is 66.8 cm³/mol. The Bertz CT molecular complexity index is 553. The molecule has 0 bridgehead atoms. The van der Waals surface area contributed by atoms with Crippen molar-refractivity contribution in [1.29, 1.82) is 0 Å². The maximum absolute atomic E-state index is 11.5. The third-order valence-corrected chi connectivity index (χ3v) is 2.82. The van der Waals surface area contributed by atoms with Crippen LogP contribution in [0, 0.1) is 13.8 Å². The number of carbonyl (C=O) groups excluding carboxylic acids is 1. The summed E-state index contributed by atoms with van der Waals surface area (Å²) >= 11 is 0. The van der Waals surface area contributed by atoms with Crippen molar-refractivity contribution in [1.82, 2.24) is 5.16 Å². The van der Waals surface area contributed by atoms with Crippen molar-refractivity contribution in [3.63, 3.8) is 0 Å². The highest BCUT2D eigenvalue weighted by atomic mass is 16.5. The lowest BCUT2D eigenvalue weighted by atomic mass is 10.1. The van der Waals surface area contributed by atoms with E-state index in [1.54, 1.807) is 12.1 Å². The van der Waals surface area contributed by atoms with Gasteiger partial charge in [0.05, 0.1) is 16.8 Å². The van der Waals surface area contributed by atoms with E-state index in [0.29, 0.717) is 17.9 Å². The second kappa shape index (κ2) is 5.04. The summed E-state index contributed by atoms with van der Waals surface area (Å²) < 4.78 is 10.7. The van der Waals surface area contributed by atoms with E-state index in [0.717, 1.165) is 17.0 Å². The highest BCUT2D eigenvalue weighted by Gasteiger charge is 2.12. The van der Waals surface area contributed by atoms with Crippen LogP contribution in [0.15, 0.2) is 28.8 Å². The molecule has 1 aromatic carbocycles. The first kappa shape index (κ1) is 12.4. The van der Waals surface area contributed by atoms with Crippen LogP contribution >= 0.6 is 0 Å². The fourth-order valence-electron chi connectivity index (χ4n) is 1.74. The van der Waals surface area contributed by atoms with E-state index in [1.807, 2.05) is 26.0 Å². The molecule has 0 unspecified atom stereocenters. The fourth-order valence-corrected chi connectivity index (χ4v) is 1.74. The molecular weight excluding hydrogens is 230 g/mol. The molecule has 0 atom stereocenters. The van der Waals surface area contributed by atoms with Gasteiger partial charge in [0.15, 0.2) is 5.78 Å². The number of aromatic nitrogens is 1. The first-order chi connectivity index (χ1) is 8.59. The summed E-state index contributed by atoms with van der Waals surface area (Å²) in [4.78, 5) is 11.5. The molecule has 0 spiro atoms. The van der Waals surface area contributed by atoms with Gasteiger partial charge < -0.3 is 9.26 Å². The molecule has 0 amide bonds. The van der Waals surface area contributed by atoms with Gasteiger partial charge >= 0.3 is 0 Å². The smallest absolute Gasteiger partial charge is 0.163 e. The monoisotopic (exact) mass is 245 g/mol. The Kier molecular flexibility index (Phi) is 3.46. The Morgan fingerprint density at radius 3 is 2.67 bits per heavy atom. The van der Waals surface area contributed by atoms with Crippen molar-refractivity contribution in [3.05, 3.63) is 46.8 Å². The first-order valence-corrected chi connectivity index (χ1v) is 5.74. The number of rotatable bonds is 4. The Morgan fingerprint density at radius 1 is 1.33 bits per heavy atom. The lowest BCUT2D eigenvalue weighted by Crippen LogP contribution is -2.02. The van der Waals surface area contributed by atoms with Crippen LogP contribution in [0.25, 0.3) is 0 Å². The van der Waals surface area contributed by atoms with Crippen molar-refractivity contribution >= 4 is 5.78 Å². The largest absolute Gasteiger partial charge is 0.488 e. The second-order valence-electron chi connectivity index (χ2n) is 4.14. The summed E-state index contributed by atoms with van der Waals surface area (Å²) in [5.41, 5.74) is 2.32. The molecule has 1 aromatic heterocycles. The van der Waals surface area contributed by atoms with Gasteiger partial charge in [-0.25, -0.2) is 0 Å². The molecular formula is C14H15NO3. The zero-order valence-electron chi connectivity index (χ0n) is 10.7. The van der Waals surface area contributed by atoms with E-state index >= 15 is 0 Å². The number of para-hydroxylation sites is 1. The van der Waals surface area contributed by atoms with Crippen LogP contribution in [0.2, 0.25) is 0 Å². The number of hydrogen-bond acceptors (Lipinski definition) is 4. The second-order valence-corrected chi connectivity index (χ2v) is 4.14. The number of benzene rings is 1. The predicted octanol–water partition coefficient (Wildman–Crippen LogP) is 3.07. The minimum Gasteiger partial charge on any atom is -0.488 e. The van der Waals surface area contributed by atoms with Crippen LogP contribution in [0.4, 0.5) is 0 Å². The van der Waals surface area contributed by atoms with Gasteiger partial charge in [0.2, 0.25) is 0 Å². The van der Waals surface area contributed by atoms with Crippen molar-refractivity contribution in [2.45, 2.75) is 27.4 Å². The fraction of sp³-hybridized carbons (Fsp3) is 0.286. The first-order valence-electron chi connectivity index (χ1n) is 5.74. The highest BCUT2D eigenvalue weighted by molar-refractivity contribution is 5.96. The molecule has 0 N–H and O–H groups in total. The SMILES string of the molecule is CC(=O)c1ccccc1OCc1c(C)noc1C. The van der Waals surface area contributed by atoms with Gasteiger partial charge in [-0.3, -0.25) is 4.79 Å². The molecule has 0 saturated heterocycles. The van der Waals surface area contributed by atoms with Gasteiger partial charge in [0.25, 0.3) is 0 Å². The third-order valence-electron chi connectivity index (χ3n) is 2.82. The normalized spacial score (nSPS) is 10.4. The summed E-state index contributed by atoms with van der Waals surface area (Å²) in [6, 6.07) is 7.20. The van der Waals surface area contributed by atoms with Gasteiger partial charge in [-0.1, -0.05) is 17.3 Å². The van der Waals surface area contributed by atoms with E-state index in [4.69, 9.17) is 9.26 Å². The van der Waals surface area contributed by atoms with E-state index < -0.39 is 0 Å². The molecule has 0 aliphatic heterocycles. The number of aryl methyl sites for hydroxylation is 2. The molecule has 0 saturated carbocycles. The quantitative estimate of drug-likeness (QED) is 0.777. The van der Waals surface area contributed by atoms with Crippen LogP contribution in [0.5, 0.6) is 5.75 Å². The summed E-state index contributed by atoms with van der Waals surface area (Å²) in [7, 11) is 0. The van der Waals surface area contributed by atoms with Crippen LogP contribution in [0.3, 0.4) is 0 Å². The highest BCUT2D eigenvalue weighted by Crippen LogP contribution is 2.21. The topological polar surface area (TPSA) is 52.3 Å². The Morgan fingerprint density at radius 2 is 2.06 bits per heavy atom. The van der Waals surface area contributed by atoms with Gasteiger partial charge in [-0.2, -0.15) is 0 Å². The van der Waals surface area contributed by atoms with Crippen LogP contribution in [0.1, 0.15) is 34.3 Å². The molecule has 2 rings (SSSR count). The Labute approximate surface area is 106 Å². The molecule has 0 fully saturated rings. The Balaban J connectivity index is 2.18. The summed E-state index contributed by atoms with van der Waals surface area (Å²) in [5.74, 6) is 1.32. The van der Waals surface area contributed by atoms with Crippen molar-refractivity contribution in [2.24, 2.45) is 0 Å². The molecule has 1 heterocycles. The molecule has 2 aromatic rings. The minimum atomic E-state index is -0.00985. The van der Waals surface area contributed by atoms with Crippen LogP contribution in [-0.2, 0) is 6.61 Å². The number of Topliss-reactive ketones (excluding diaryl/α,β-unsaturated/α-hetero) is 1. The number of nitrogens with zero attached hydrogens (tertiary/aromatic N) is 1. The molecule has 0 aliphatic carbocycles. The van der Waals surface area contributed by atoms with Crippen LogP contribution < -0.4 is 4.74 Å². The number of hydrogen-bond donors (Lipinski definition) is 0. The lowest BCUT2D eigenvalue weighted by molar-refractivity contribution is 0.101. The van der Waals surface area contributed by atoms with E-state index in [2.05, 4.69) is 5.16 Å². The zero-order chi connectivity index (χ0) is 13.1. The summed E-state index contributed by atoms with van der Waals surface area (Å²) in [5, 5.41) is 3.86. The molecule has 94 valence electrons. The summed E-state index contributed by atoms with van der Waals surface area (Å²) in [6.07, 6.45) is 0. The molecule has 0 aliphatic rings. The van der Waals surface area contributed by atoms with Crippen molar-refractivity contribution in [3.8, 4) is 5.75 Å². The van der Waals surface area contributed by atoms with Gasteiger partial charge in [-0.05, 0) is 32.9 Å². The van der Waals surface area contributed by atoms with Gasteiger partial charge in [-0.15, -0.1) is 0 Å². The van der Waals surface area contributed by atoms with Crippen molar-refractivity contribution < 1.29 is 14.1 Å². The summed E-state index contributed by atoms with van der Waals surface area (Å²) in [6.45, 7) is 5.59. The number of carbonyl (C=O) groups is 1. The standard InChI is InChI=1S/C14H15NO3/c1-9-13(11(3)18-15-9)8-17-14-7-5-4-6-12(14)10(2)16/h4-7H,8H2,1-3H3. The molecule has 0 radical (unpaired) electrons. The van der Waals surface area contributed by atoms with E-state index in [1.165, 1.54) is 6.92 Å². The maximum Gasteiger partial charge on any atom is 0.163 e. The Hall–Kier alpha value is -2.10. The lowest BCUT2D eigenvalue weighted by Gasteiger charge is -2.09.